The van der Waals surface area contributed by atoms with E-state index in [-0.39, 0.29) is 12.4 Å². The number of hydrogen-bond acceptors (Lipinski definition) is 7. The molecular formula is C21H17ClN4O3S. The van der Waals surface area contributed by atoms with Crippen molar-refractivity contribution in [3.8, 4) is 6.07 Å². The van der Waals surface area contributed by atoms with Crippen molar-refractivity contribution in [1.29, 1.82) is 5.26 Å². The third kappa shape index (κ3) is 2.98. The fourth-order valence-corrected chi connectivity index (χ4v) is 5.30. The molecule has 1 aliphatic rings. The average molecular weight is 441 g/mol. The van der Waals surface area contributed by atoms with Crippen molar-refractivity contribution in [2.75, 3.05) is 17.7 Å². The number of fused-ring (bicyclic) bond motifs is 3. The second kappa shape index (κ2) is 7.59. The van der Waals surface area contributed by atoms with E-state index in [0.717, 1.165) is 4.70 Å². The van der Waals surface area contributed by atoms with Crippen LogP contribution >= 0.6 is 22.9 Å². The van der Waals surface area contributed by atoms with Gasteiger partial charge in [-0.25, -0.2) is 4.98 Å². The van der Waals surface area contributed by atoms with Gasteiger partial charge in [-0.15, -0.1) is 11.3 Å². The Morgan fingerprint density at radius 3 is 2.83 bits per heavy atom. The first kappa shape index (κ1) is 20.1. The van der Waals surface area contributed by atoms with E-state index in [4.69, 9.17) is 22.1 Å². The first-order chi connectivity index (χ1) is 14.4. The molecule has 0 bridgehead atoms. The maximum Gasteiger partial charge on any atom is 0.319 e. The van der Waals surface area contributed by atoms with Crippen molar-refractivity contribution in [3.63, 3.8) is 0 Å². The molecule has 0 radical (unpaired) electrons. The molecule has 7 nitrogen and oxygen atoms in total. The summed E-state index contributed by atoms with van der Waals surface area (Å²) in [6.45, 7) is 3.62. The van der Waals surface area contributed by atoms with Crippen LogP contribution in [-0.2, 0) is 14.3 Å². The number of esters is 1. The molecule has 0 unspecified atom stereocenters. The molecule has 30 heavy (non-hydrogen) atoms. The van der Waals surface area contributed by atoms with Crippen molar-refractivity contribution in [2.24, 2.45) is 5.92 Å². The average Bonchev–Trinajstić information content (AvgIpc) is 3.06. The van der Waals surface area contributed by atoms with Gasteiger partial charge in [0.05, 0.1) is 22.4 Å². The van der Waals surface area contributed by atoms with Crippen LogP contribution in [0.3, 0.4) is 0 Å². The van der Waals surface area contributed by atoms with Gasteiger partial charge in [0.2, 0.25) is 5.91 Å². The minimum absolute atomic E-state index is 0.102. The largest absolute Gasteiger partial charge is 0.465 e. The van der Waals surface area contributed by atoms with Gasteiger partial charge in [-0.3, -0.25) is 9.59 Å². The second-order valence-electron chi connectivity index (χ2n) is 6.85. The second-order valence-corrected chi connectivity index (χ2v) is 8.28. The van der Waals surface area contributed by atoms with Gasteiger partial charge in [0.1, 0.15) is 22.8 Å². The number of aryl methyl sites for hydroxylation is 1. The molecule has 0 spiro atoms. The zero-order chi connectivity index (χ0) is 21.6. The number of amides is 1. The van der Waals surface area contributed by atoms with Crippen LogP contribution in [0.1, 0.15) is 35.1 Å². The molecule has 9 heteroatoms. The lowest BCUT2D eigenvalue weighted by molar-refractivity contribution is -0.151. The van der Waals surface area contributed by atoms with E-state index in [9.17, 15) is 14.9 Å². The SMILES string of the molecule is CCOC(=O)[C@@H]1C(=O)Nc2sc3c(C)c(C#N)c(N)nc3c2[C@@H]1c1ccccc1Cl. The van der Waals surface area contributed by atoms with E-state index in [1.165, 1.54) is 11.3 Å². The number of carbonyl (C=O) groups is 2. The maximum atomic E-state index is 13.0. The summed E-state index contributed by atoms with van der Waals surface area (Å²) in [6.07, 6.45) is 0. The van der Waals surface area contributed by atoms with Gasteiger partial charge in [-0.05, 0) is 31.0 Å². The van der Waals surface area contributed by atoms with Crippen LogP contribution < -0.4 is 11.1 Å². The van der Waals surface area contributed by atoms with Crippen molar-refractivity contribution in [1.82, 2.24) is 4.98 Å². The number of pyridine rings is 1. The smallest absolute Gasteiger partial charge is 0.319 e. The molecular weight excluding hydrogens is 424 g/mol. The Kier molecular flexibility index (Phi) is 5.10. The Balaban J connectivity index is 2.06. The number of benzene rings is 1. The van der Waals surface area contributed by atoms with Crippen molar-refractivity contribution in [3.05, 3.63) is 51.5 Å². The van der Waals surface area contributed by atoms with Crippen molar-refractivity contribution in [2.45, 2.75) is 19.8 Å². The maximum absolute atomic E-state index is 13.0. The highest BCUT2D eigenvalue weighted by Gasteiger charge is 2.45. The Bertz CT molecular complexity index is 1250. The molecule has 4 rings (SSSR count). The number of thiophene rings is 1. The molecule has 1 aliphatic heterocycles. The molecule has 2 aromatic heterocycles. The molecule has 1 aromatic carbocycles. The quantitative estimate of drug-likeness (QED) is 0.469. The van der Waals surface area contributed by atoms with Crippen molar-refractivity contribution >= 4 is 55.8 Å². The first-order valence-electron chi connectivity index (χ1n) is 9.23. The number of rotatable bonds is 3. The predicted molar refractivity (Wildman–Crippen MR) is 116 cm³/mol. The van der Waals surface area contributed by atoms with Gasteiger partial charge < -0.3 is 15.8 Å². The predicted octanol–water partition coefficient (Wildman–Crippen LogP) is 3.98. The third-order valence-corrected chi connectivity index (χ3v) is 6.75. The lowest BCUT2D eigenvalue weighted by atomic mass is 9.78. The van der Waals surface area contributed by atoms with Gasteiger partial charge in [0.25, 0.3) is 0 Å². The highest BCUT2D eigenvalue weighted by molar-refractivity contribution is 7.23. The van der Waals surface area contributed by atoms with Gasteiger partial charge in [0, 0.05) is 16.5 Å². The zero-order valence-electron chi connectivity index (χ0n) is 16.2. The number of nitriles is 1. The molecule has 1 amide bonds. The molecule has 152 valence electrons. The fourth-order valence-electron chi connectivity index (χ4n) is 3.85. The van der Waals surface area contributed by atoms with Crippen LogP contribution in [-0.4, -0.2) is 23.5 Å². The van der Waals surface area contributed by atoms with E-state index in [1.807, 2.05) is 0 Å². The summed E-state index contributed by atoms with van der Waals surface area (Å²) in [6, 6.07) is 9.14. The summed E-state index contributed by atoms with van der Waals surface area (Å²) < 4.78 is 5.93. The van der Waals surface area contributed by atoms with E-state index in [1.54, 1.807) is 38.1 Å². The number of nitrogen functional groups attached to an aromatic ring is 1. The molecule has 0 saturated carbocycles. The summed E-state index contributed by atoms with van der Waals surface area (Å²) in [5.41, 5.74) is 8.83. The number of ether oxygens (including phenoxy) is 1. The van der Waals surface area contributed by atoms with Crippen LogP contribution in [0, 0.1) is 24.2 Å². The molecule has 3 N–H and O–H groups in total. The number of anilines is 2. The van der Waals surface area contributed by atoms with Gasteiger partial charge in [0.15, 0.2) is 0 Å². The van der Waals surface area contributed by atoms with Gasteiger partial charge in [-0.1, -0.05) is 29.8 Å². The fraction of sp³-hybridized carbons (Fsp3) is 0.238. The van der Waals surface area contributed by atoms with E-state index >= 15 is 0 Å². The number of nitrogens with two attached hydrogens (primary N) is 1. The summed E-state index contributed by atoms with van der Waals surface area (Å²) >= 11 is 7.78. The molecule has 0 saturated heterocycles. The number of aromatic nitrogens is 1. The van der Waals surface area contributed by atoms with E-state index in [0.29, 0.717) is 37.8 Å². The van der Waals surface area contributed by atoms with Crippen molar-refractivity contribution < 1.29 is 14.3 Å². The molecule has 0 fully saturated rings. The number of nitrogens with one attached hydrogen (secondary N) is 1. The van der Waals surface area contributed by atoms with Crippen LogP contribution in [0.15, 0.2) is 24.3 Å². The Morgan fingerprint density at radius 2 is 2.17 bits per heavy atom. The Labute approximate surface area is 181 Å². The summed E-state index contributed by atoms with van der Waals surface area (Å²) in [5, 5.41) is 13.2. The van der Waals surface area contributed by atoms with E-state index in [2.05, 4.69) is 16.4 Å². The normalized spacial score (nSPS) is 17.9. The lowest BCUT2D eigenvalue weighted by Gasteiger charge is -2.30. The third-order valence-electron chi connectivity index (χ3n) is 5.18. The molecule has 3 heterocycles. The standard InChI is InChI=1S/C21H17ClN4O3S/c1-3-29-21(28)15-13(10-6-4-5-7-12(10)22)14-16-17(30-20(14)26-19(15)27)9(2)11(8-23)18(24)25-16/h4-7,13,15H,3H2,1-2H3,(H2,24,25)(H,26,27)/t13-,15-/m0/s1. The summed E-state index contributed by atoms with van der Waals surface area (Å²) in [7, 11) is 0. The topological polar surface area (TPSA) is 118 Å². The van der Waals surface area contributed by atoms with Crippen LogP contribution in [0.25, 0.3) is 10.2 Å². The molecule has 3 aromatic rings. The lowest BCUT2D eigenvalue weighted by Crippen LogP contribution is -2.39. The highest BCUT2D eigenvalue weighted by atomic mass is 35.5. The number of nitrogens with zero attached hydrogens (tertiary/aromatic N) is 2. The van der Waals surface area contributed by atoms with Crippen LogP contribution in [0.4, 0.5) is 10.8 Å². The van der Waals surface area contributed by atoms with Crippen LogP contribution in [0.5, 0.6) is 0 Å². The minimum Gasteiger partial charge on any atom is -0.465 e. The summed E-state index contributed by atoms with van der Waals surface area (Å²) in [4.78, 5) is 30.2. The Hall–Kier alpha value is -3.15. The monoisotopic (exact) mass is 440 g/mol. The first-order valence-corrected chi connectivity index (χ1v) is 10.4. The Morgan fingerprint density at radius 1 is 1.43 bits per heavy atom. The van der Waals surface area contributed by atoms with Crippen LogP contribution in [0.2, 0.25) is 5.02 Å². The zero-order valence-corrected chi connectivity index (χ0v) is 17.7. The molecule has 2 atom stereocenters. The number of halogens is 1. The minimum atomic E-state index is -1.13. The highest BCUT2D eigenvalue weighted by Crippen LogP contribution is 2.51. The summed E-state index contributed by atoms with van der Waals surface area (Å²) in [5.74, 6) is -2.83. The molecule has 0 aliphatic carbocycles. The number of carbonyl (C=O) groups excluding carboxylic acids is 2. The van der Waals surface area contributed by atoms with Gasteiger partial charge >= 0.3 is 5.97 Å². The van der Waals surface area contributed by atoms with E-state index < -0.39 is 23.7 Å². The number of hydrogen-bond donors (Lipinski definition) is 2. The van der Waals surface area contributed by atoms with Gasteiger partial charge in [-0.2, -0.15) is 5.26 Å².